The van der Waals surface area contributed by atoms with Crippen molar-refractivity contribution in [3.8, 4) is 0 Å². The lowest BCUT2D eigenvalue weighted by Crippen LogP contribution is -2.50. The van der Waals surface area contributed by atoms with Crippen molar-refractivity contribution in [2.45, 2.75) is 33.1 Å². The minimum absolute atomic E-state index is 0. The van der Waals surface area contributed by atoms with Crippen molar-refractivity contribution < 1.29 is 9.53 Å². The third-order valence-electron chi connectivity index (χ3n) is 5.06. The molecule has 9 heteroatoms. The summed E-state index contributed by atoms with van der Waals surface area (Å²) in [5.74, 6) is 1.41. The molecule has 2 fully saturated rings. The van der Waals surface area contributed by atoms with E-state index >= 15 is 0 Å². The van der Waals surface area contributed by atoms with E-state index in [2.05, 4.69) is 29.0 Å². The zero-order chi connectivity index (χ0) is 19.1. The normalized spacial score (nSPS) is 18.7. The Morgan fingerprint density at radius 3 is 2.61 bits per heavy atom. The van der Waals surface area contributed by atoms with Crippen LogP contribution in [-0.4, -0.2) is 79.1 Å². The van der Waals surface area contributed by atoms with E-state index in [1.165, 1.54) is 4.88 Å². The van der Waals surface area contributed by atoms with E-state index in [4.69, 9.17) is 9.73 Å². The topological polar surface area (TPSA) is 70.1 Å². The number of guanidine groups is 1. The number of amides is 1. The molecule has 2 saturated heterocycles. The van der Waals surface area contributed by atoms with Crippen LogP contribution in [0.5, 0.6) is 0 Å². The number of piperidine rings is 1. The Hall–Kier alpha value is -0.940. The second-order valence-corrected chi connectivity index (χ2v) is 8.37. The van der Waals surface area contributed by atoms with Crippen LogP contribution in [0.2, 0.25) is 0 Å². The maximum absolute atomic E-state index is 12.7. The molecule has 1 aromatic rings. The standard InChI is InChI=1S/C19H31N5O2S.HI/c1-3-20-19(21-7-4-17-22-14-15(2)27-17)24-8-5-16(6-9-24)18(25)23-10-12-26-13-11-23;/h14,16H,3-13H2,1-2H3,(H,20,21);1H. The van der Waals surface area contributed by atoms with Gasteiger partial charge in [0.1, 0.15) is 0 Å². The van der Waals surface area contributed by atoms with Crippen LogP contribution in [0.25, 0.3) is 0 Å². The lowest BCUT2D eigenvalue weighted by molar-refractivity contribution is -0.140. The van der Waals surface area contributed by atoms with Gasteiger partial charge in [0, 0.05) is 62.7 Å². The third-order valence-corrected chi connectivity index (χ3v) is 6.03. The summed E-state index contributed by atoms with van der Waals surface area (Å²) in [5, 5.41) is 4.54. The number of aromatic nitrogens is 1. The van der Waals surface area contributed by atoms with Gasteiger partial charge >= 0.3 is 0 Å². The van der Waals surface area contributed by atoms with E-state index in [0.717, 1.165) is 69.5 Å². The molecule has 3 heterocycles. The van der Waals surface area contributed by atoms with Crippen LogP contribution in [0, 0.1) is 12.8 Å². The van der Waals surface area contributed by atoms with Gasteiger partial charge in [0.2, 0.25) is 5.91 Å². The number of carbonyl (C=O) groups excluding carboxylic acids is 1. The molecule has 158 valence electrons. The molecule has 0 saturated carbocycles. The summed E-state index contributed by atoms with van der Waals surface area (Å²) in [6.07, 6.45) is 4.59. The first-order chi connectivity index (χ1) is 13.2. The first-order valence-corrected chi connectivity index (χ1v) is 10.8. The van der Waals surface area contributed by atoms with Gasteiger partial charge in [0.05, 0.1) is 18.2 Å². The van der Waals surface area contributed by atoms with Crippen LogP contribution < -0.4 is 5.32 Å². The third kappa shape index (κ3) is 6.55. The Morgan fingerprint density at radius 2 is 2.00 bits per heavy atom. The number of halogens is 1. The van der Waals surface area contributed by atoms with Gasteiger partial charge in [-0.1, -0.05) is 0 Å². The van der Waals surface area contributed by atoms with Gasteiger partial charge in [-0.15, -0.1) is 35.3 Å². The van der Waals surface area contributed by atoms with Crippen LogP contribution in [-0.2, 0) is 16.0 Å². The second kappa shape index (κ2) is 11.9. The van der Waals surface area contributed by atoms with Gasteiger partial charge in [-0.2, -0.15) is 0 Å². The van der Waals surface area contributed by atoms with Crippen molar-refractivity contribution in [3.05, 3.63) is 16.1 Å². The molecular weight excluding hydrogens is 489 g/mol. The highest BCUT2D eigenvalue weighted by molar-refractivity contribution is 14.0. The van der Waals surface area contributed by atoms with Crippen molar-refractivity contribution in [1.29, 1.82) is 0 Å². The van der Waals surface area contributed by atoms with E-state index in [1.54, 1.807) is 11.3 Å². The largest absolute Gasteiger partial charge is 0.378 e. The average Bonchev–Trinajstić information content (AvgIpc) is 3.13. The molecule has 2 aliphatic heterocycles. The van der Waals surface area contributed by atoms with Crippen molar-refractivity contribution in [2.75, 3.05) is 52.5 Å². The van der Waals surface area contributed by atoms with Crippen LogP contribution >= 0.6 is 35.3 Å². The van der Waals surface area contributed by atoms with E-state index in [0.29, 0.717) is 19.1 Å². The van der Waals surface area contributed by atoms with Crippen LogP contribution in [0.3, 0.4) is 0 Å². The van der Waals surface area contributed by atoms with Crippen molar-refractivity contribution in [3.63, 3.8) is 0 Å². The molecule has 28 heavy (non-hydrogen) atoms. The number of rotatable bonds is 5. The number of aliphatic imine (C=N–C) groups is 1. The quantitative estimate of drug-likeness (QED) is 0.366. The zero-order valence-electron chi connectivity index (χ0n) is 16.9. The fourth-order valence-corrected chi connectivity index (χ4v) is 4.36. The van der Waals surface area contributed by atoms with Gasteiger partial charge in [-0.25, -0.2) is 4.98 Å². The van der Waals surface area contributed by atoms with E-state index < -0.39 is 0 Å². The number of nitrogens with one attached hydrogen (secondary N) is 1. The number of aryl methyl sites for hydroxylation is 1. The fourth-order valence-electron chi connectivity index (χ4n) is 3.58. The van der Waals surface area contributed by atoms with Gasteiger partial charge in [-0.3, -0.25) is 9.79 Å². The number of thiazole rings is 1. The molecule has 1 N–H and O–H groups in total. The van der Waals surface area contributed by atoms with Gasteiger partial charge in [-0.05, 0) is 26.7 Å². The Bertz CT molecular complexity index is 640. The summed E-state index contributed by atoms with van der Waals surface area (Å²) >= 11 is 1.74. The molecule has 0 atom stereocenters. The van der Waals surface area contributed by atoms with Crippen molar-refractivity contribution in [2.24, 2.45) is 10.9 Å². The van der Waals surface area contributed by atoms with Gasteiger partial charge in [0.15, 0.2) is 5.96 Å². The lowest BCUT2D eigenvalue weighted by Gasteiger charge is -2.36. The van der Waals surface area contributed by atoms with E-state index in [-0.39, 0.29) is 29.9 Å². The van der Waals surface area contributed by atoms with Crippen LogP contribution in [0.1, 0.15) is 29.7 Å². The SMILES string of the molecule is CCNC(=NCCc1ncc(C)s1)N1CCC(C(=O)N2CCOCC2)CC1.I. The molecule has 0 aromatic carbocycles. The number of hydrogen-bond donors (Lipinski definition) is 1. The Morgan fingerprint density at radius 1 is 1.29 bits per heavy atom. The summed E-state index contributed by atoms with van der Waals surface area (Å²) in [4.78, 5) is 27.4. The zero-order valence-corrected chi connectivity index (χ0v) is 20.0. The van der Waals surface area contributed by atoms with Gasteiger partial charge in [0.25, 0.3) is 0 Å². The molecule has 0 aliphatic carbocycles. The predicted octanol–water partition coefficient (Wildman–Crippen LogP) is 2.15. The molecule has 2 aliphatic rings. The molecule has 1 amide bonds. The summed E-state index contributed by atoms with van der Waals surface area (Å²) in [6.45, 7) is 10.3. The minimum Gasteiger partial charge on any atom is -0.378 e. The maximum atomic E-state index is 12.7. The maximum Gasteiger partial charge on any atom is 0.225 e. The second-order valence-electron chi connectivity index (χ2n) is 7.05. The number of likely N-dealkylation sites (tertiary alicyclic amines) is 1. The molecular formula is C19H32IN5O2S. The summed E-state index contributed by atoms with van der Waals surface area (Å²) < 4.78 is 5.35. The smallest absolute Gasteiger partial charge is 0.225 e. The molecule has 7 nitrogen and oxygen atoms in total. The number of morpholine rings is 1. The first kappa shape index (κ1) is 23.3. The summed E-state index contributed by atoms with van der Waals surface area (Å²) in [7, 11) is 0. The number of hydrogen-bond acceptors (Lipinski definition) is 5. The molecule has 0 spiro atoms. The monoisotopic (exact) mass is 521 g/mol. The minimum atomic E-state index is 0. The van der Waals surface area contributed by atoms with E-state index in [1.807, 2.05) is 11.1 Å². The highest BCUT2D eigenvalue weighted by atomic mass is 127. The molecule has 1 aromatic heterocycles. The average molecular weight is 521 g/mol. The molecule has 0 bridgehead atoms. The lowest BCUT2D eigenvalue weighted by atomic mass is 9.95. The Balaban J connectivity index is 0.00000280. The van der Waals surface area contributed by atoms with Gasteiger partial charge < -0.3 is 19.9 Å². The highest BCUT2D eigenvalue weighted by Gasteiger charge is 2.30. The molecule has 0 radical (unpaired) electrons. The molecule has 0 unspecified atom stereocenters. The fraction of sp³-hybridized carbons (Fsp3) is 0.737. The van der Waals surface area contributed by atoms with E-state index in [9.17, 15) is 4.79 Å². The van der Waals surface area contributed by atoms with Crippen LogP contribution in [0.15, 0.2) is 11.2 Å². The molecule has 3 rings (SSSR count). The van der Waals surface area contributed by atoms with Crippen LogP contribution in [0.4, 0.5) is 0 Å². The number of ether oxygens (including phenoxy) is 1. The highest BCUT2D eigenvalue weighted by Crippen LogP contribution is 2.20. The summed E-state index contributed by atoms with van der Waals surface area (Å²) in [5.41, 5.74) is 0. The predicted molar refractivity (Wildman–Crippen MR) is 124 cm³/mol. The Labute approximate surface area is 189 Å². The number of nitrogens with zero attached hydrogens (tertiary/aromatic N) is 4. The first-order valence-electron chi connectivity index (χ1n) is 9.98. The van der Waals surface area contributed by atoms with Crippen molar-refractivity contribution in [1.82, 2.24) is 20.1 Å². The van der Waals surface area contributed by atoms with Crippen molar-refractivity contribution >= 4 is 47.2 Å². The number of carbonyl (C=O) groups is 1. The summed E-state index contributed by atoms with van der Waals surface area (Å²) in [6, 6.07) is 0. The Kier molecular flexibility index (Phi) is 9.93.